The molecule has 5 atom stereocenters. The molecule has 1 saturated carbocycles. The Morgan fingerprint density at radius 2 is 1.95 bits per heavy atom. The van der Waals surface area contributed by atoms with E-state index in [1.165, 1.54) is 57.9 Å². The Labute approximate surface area is 126 Å². The normalized spacial score (nSPS) is 36.1. The van der Waals surface area contributed by atoms with Crippen LogP contribution >= 0.6 is 0 Å². The SMILES string of the molecule is CCCNC(C1CCCC(CC)C1)C1CCOC1CC. The maximum atomic E-state index is 5.98. The molecular weight excluding hydrogens is 246 g/mol. The van der Waals surface area contributed by atoms with E-state index in [2.05, 4.69) is 26.1 Å². The summed E-state index contributed by atoms with van der Waals surface area (Å²) >= 11 is 0. The average Bonchev–Trinajstić information content (AvgIpc) is 2.96. The summed E-state index contributed by atoms with van der Waals surface area (Å²) in [6.07, 6.45) is 11.4. The van der Waals surface area contributed by atoms with Crippen molar-refractivity contribution in [2.45, 2.75) is 84.3 Å². The zero-order chi connectivity index (χ0) is 14.4. The molecule has 1 saturated heterocycles. The Balaban J connectivity index is 2.01. The lowest BCUT2D eigenvalue weighted by Crippen LogP contribution is -2.46. The molecule has 1 N–H and O–H groups in total. The van der Waals surface area contributed by atoms with E-state index in [0.29, 0.717) is 12.1 Å². The van der Waals surface area contributed by atoms with Gasteiger partial charge >= 0.3 is 0 Å². The first-order valence-electron chi connectivity index (χ1n) is 9.15. The van der Waals surface area contributed by atoms with E-state index in [0.717, 1.165) is 24.4 Å². The quantitative estimate of drug-likeness (QED) is 0.747. The van der Waals surface area contributed by atoms with Gasteiger partial charge in [-0.3, -0.25) is 0 Å². The molecular formula is C18H35NO. The molecule has 0 radical (unpaired) electrons. The second-order valence-electron chi connectivity index (χ2n) is 6.95. The first-order chi connectivity index (χ1) is 9.80. The van der Waals surface area contributed by atoms with Crippen molar-refractivity contribution < 1.29 is 4.74 Å². The molecule has 0 aromatic heterocycles. The van der Waals surface area contributed by atoms with Crippen molar-refractivity contribution in [2.24, 2.45) is 17.8 Å². The van der Waals surface area contributed by atoms with Crippen LogP contribution in [0.4, 0.5) is 0 Å². The highest BCUT2D eigenvalue weighted by molar-refractivity contribution is 4.92. The monoisotopic (exact) mass is 281 g/mol. The molecule has 1 aliphatic carbocycles. The molecule has 0 aromatic rings. The van der Waals surface area contributed by atoms with Gasteiger partial charge in [-0.05, 0) is 50.5 Å². The van der Waals surface area contributed by atoms with E-state index in [4.69, 9.17) is 4.74 Å². The van der Waals surface area contributed by atoms with Gasteiger partial charge in [0, 0.05) is 18.6 Å². The van der Waals surface area contributed by atoms with E-state index in [1.54, 1.807) is 0 Å². The van der Waals surface area contributed by atoms with Crippen molar-refractivity contribution in [3.05, 3.63) is 0 Å². The fourth-order valence-electron chi connectivity index (χ4n) is 4.50. The molecule has 2 fully saturated rings. The maximum Gasteiger partial charge on any atom is 0.0616 e. The summed E-state index contributed by atoms with van der Waals surface area (Å²) in [5.74, 6) is 2.62. The van der Waals surface area contributed by atoms with Gasteiger partial charge in [0.2, 0.25) is 0 Å². The van der Waals surface area contributed by atoms with Crippen LogP contribution in [0.25, 0.3) is 0 Å². The molecule has 1 heterocycles. The van der Waals surface area contributed by atoms with Crippen molar-refractivity contribution in [1.29, 1.82) is 0 Å². The summed E-state index contributed by atoms with van der Waals surface area (Å²) in [6.45, 7) is 9.09. The molecule has 2 nitrogen and oxygen atoms in total. The molecule has 1 aliphatic heterocycles. The van der Waals surface area contributed by atoms with Gasteiger partial charge in [-0.2, -0.15) is 0 Å². The first-order valence-corrected chi connectivity index (χ1v) is 9.15. The van der Waals surface area contributed by atoms with Crippen molar-refractivity contribution in [2.75, 3.05) is 13.2 Å². The van der Waals surface area contributed by atoms with Gasteiger partial charge in [-0.1, -0.05) is 40.0 Å². The van der Waals surface area contributed by atoms with Crippen LogP contribution < -0.4 is 5.32 Å². The van der Waals surface area contributed by atoms with Crippen molar-refractivity contribution in [3.8, 4) is 0 Å². The van der Waals surface area contributed by atoms with Crippen molar-refractivity contribution in [3.63, 3.8) is 0 Å². The zero-order valence-electron chi connectivity index (χ0n) is 13.9. The Hall–Kier alpha value is -0.0800. The van der Waals surface area contributed by atoms with Crippen LogP contribution in [-0.2, 0) is 4.74 Å². The molecule has 118 valence electrons. The molecule has 2 aliphatic rings. The van der Waals surface area contributed by atoms with Gasteiger partial charge in [0.05, 0.1) is 6.10 Å². The van der Waals surface area contributed by atoms with Gasteiger partial charge in [0.15, 0.2) is 0 Å². The number of hydrogen-bond acceptors (Lipinski definition) is 2. The fraction of sp³-hybridized carbons (Fsp3) is 1.00. The van der Waals surface area contributed by atoms with Gasteiger partial charge in [-0.25, -0.2) is 0 Å². The van der Waals surface area contributed by atoms with Gasteiger partial charge in [0.25, 0.3) is 0 Å². The van der Waals surface area contributed by atoms with Crippen molar-refractivity contribution >= 4 is 0 Å². The highest BCUT2D eigenvalue weighted by Gasteiger charge is 2.38. The number of nitrogens with one attached hydrogen (secondary N) is 1. The fourth-order valence-corrected chi connectivity index (χ4v) is 4.50. The van der Waals surface area contributed by atoms with E-state index in [1.807, 2.05) is 0 Å². The van der Waals surface area contributed by atoms with E-state index < -0.39 is 0 Å². The van der Waals surface area contributed by atoms with Crippen molar-refractivity contribution in [1.82, 2.24) is 5.32 Å². The van der Waals surface area contributed by atoms with Gasteiger partial charge in [0.1, 0.15) is 0 Å². The minimum absolute atomic E-state index is 0.506. The second kappa shape index (κ2) is 8.38. The van der Waals surface area contributed by atoms with E-state index >= 15 is 0 Å². The third kappa shape index (κ3) is 3.98. The Kier molecular flexibility index (Phi) is 6.83. The predicted molar refractivity (Wildman–Crippen MR) is 86.0 cm³/mol. The largest absolute Gasteiger partial charge is 0.378 e. The molecule has 0 spiro atoms. The maximum absolute atomic E-state index is 5.98. The summed E-state index contributed by atoms with van der Waals surface area (Å²) in [7, 11) is 0. The van der Waals surface area contributed by atoms with Gasteiger partial charge in [-0.15, -0.1) is 0 Å². The minimum atomic E-state index is 0.506. The molecule has 0 amide bonds. The van der Waals surface area contributed by atoms with Crippen LogP contribution in [0.5, 0.6) is 0 Å². The minimum Gasteiger partial charge on any atom is -0.378 e. The molecule has 5 unspecified atom stereocenters. The molecule has 2 heteroatoms. The molecule has 0 bridgehead atoms. The average molecular weight is 281 g/mol. The highest BCUT2D eigenvalue weighted by Crippen LogP contribution is 2.38. The summed E-state index contributed by atoms with van der Waals surface area (Å²) in [5.41, 5.74) is 0. The smallest absolute Gasteiger partial charge is 0.0616 e. The molecule has 2 rings (SSSR count). The van der Waals surface area contributed by atoms with Crippen LogP contribution in [0.15, 0.2) is 0 Å². The van der Waals surface area contributed by atoms with Crippen LogP contribution in [0, 0.1) is 17.8 Å². The van der Waals surface area contributed by atoms with E-state index in [-0.39, 0.29) is 0 Å². The Morgan fingerprint density at radius 1 is 1.10 bits per heavy atom. The van der Waals surface area contributed by atoms with Crippen LogP contribution in [0.2, 0.25) is 0 Å². The zero-order valence-corrected chi connectivity index (χ0v) is 13.9. The van der Waals surface area contributed by atoms with Crippen LogP contribution in [-0.4, -0.2) is 25.3 Å². The predicted octanol–water partition coefficient (Wildman–Crippen LogP) is 4.39. The Bertz CT molecular complexity index is 268. The lowest BCUT2D eigenvalue weighted by atomic mass is 9.72. The summed E-state index contributed by atoms with van der Waals surface area (Å²) in [5, 5.41) is 3.91. The number of hydrogen-bond donors (Lipinski definition) is 1. The molecule has 20 heavy (non-hydrogen) atoms. The summed E-state index contributed by atoms with van der Waals surface area (Å²) in [6, 6.07) is 0.705. The highest BCUT2D eigenvalue weighted by atomic mass is 16.5. The first kappa shape index (κ1) is 16.3. The van der Waals surface area contributed by atoms with E-state index in [9.17, 15) is 0 Å². The summed E-state index contributed by atoms with van der Waals surface area (Å²) < 4.78 is 5.98. The third-order valence-corrected chi connectivity index (χ3v) is 5.66. The lowest BCUT2D eigenvalue weighted by molar-refractivity contribution is 0.0611. The molecule has 0 aromatic carbocycles. The van der Waals surface area contributed by atoms with Crippen LogP contribution in [0.3, 0.4) is 0 Å². The Morgan fingerprint density at radius 3 is 2.65 bits per heavy atom. The second-order valence-corrected chi connectivity index (χ2v) is 6.95. The standard InChI is InChI=1S/C18H35NO/c1-4-11-19-18(16-10-12-20-17(16)6-3)15-9-7-8-14(5-2)13-15/h14-19H,4-13H2,1-3H3. The number of ether oxygens (including phenoxy) is 1. The summed E-state index contributed by atoms with van der Waals surface area (Å²) in [4.78, 5) is 0. The third-order valence-electron chi connectivity index (χ3n) is 5.66. The number of rotatable bonds is 7. The van der Waals surface area contributed by atoms with Crippen LogP contribution in [0.1, 0.15) is 72.1 Å². The topological polar surface area (TPSA) is 21.3 Å². The lowest BCUT2D eigenvalue weighted by Gasteiger charge is -2.39. The van der Waals surface area contributed by atoms with Gasteiger partial charge < -0.3 is 10.1 Å².